The summed E-state index contributed by atoms with van der Waals surface area (Å²) in [5.41, 5.74) is 5.09. The summed E-state index contributed by atoms with van der Waals surface area (Å²) in [6.07, 6.45) is 1.70. The van der Waals surface area contributed by atoms with Gasteiger partial charge in [-0.1, -0.05) is 47.6 Å². The SMILES string of the molecule is CC(C)(C)c1cc(C(C)(C)C)c2oc(-c3ccn[nH]3)nc2c1. The third-order valence-corrected chi connectivity index (χ3v) is 3.90. The number of nitrogens with zero attached hydrogens (tertiary/aromatic N) is 2. The van der Waals surface area contributed by atoms with Gasteiger partial charge < -0.3 is 4.42 Å². The van der Waals surface area contributed by atoms with Crippen molar-refractivity contribution in [1.29, 1.82) is 0 Å². The fourth-order valence-corrected chi connectivity index (χ4v) is 2.51. The van der Waals surface area contributed by atoms with E-state index in [4.69, 9.17) is 4.42 Å². The first-order valence-electron chi connectivity index (χ1n) is 7.61. The molecule has 3 rings (SSSR count). The summed E-state index contributed by atoms with van der Waals surface area (Å²) in [4.78, 5) is 4.67. The molecule has 0 saturated carbocycles. The lowest BCUT2D eigenvalue weighted by Crippen LogP contribution is -2.16. The van der Waals surface area contributed by atoms with Crippen LogP contribution in [0.25, 0.3) is 22.7 Å². The van der Waals surface area contributed by atoms with Crippen molar-refractivity contribution in [3.05, 3.63) is 35.5 Å². The van der Waals surface area contributed by atoms with Crippen LogP contribution in [-0.4, -0.2) is 15.2 Å². The van der Waals surface area contributed by atoms with Crippen molar-refractivity contribution in [2.45, 2.75) is 52.4 Å². The minimum Gasteiger partial charge on any atom is -0.434 e. The third kappa shape index (κ3) is 2.54. The topological polar surface area (TPSA) is 54.7 Å². The first-order valence-corrected chi connectivity index (χ1v) is 7.61. The molecular weight excluding hydrogens is 274 g/mol. The zero-order chi connectivity index (χ0) is 16.1. The van der Waals surface area contributed by atoms with E-state index < -0.39 is 0 Å². The van der Waals surface area contributed by atoms with Crippen LogP contribution in [0.2, 0.25) is 0 Å². The van der Waals surface area contributed by atoms with Crippen molar-refractivity contribution >= 4 is 11.1 Å². The molecule has 2 heterocycles. The van der Waals surface area contributed by atoms with Gasteiger partial charge >= 0.3 is 0 Å². The lowest BCUT2D eigenvalue weighted by Gasteiger charge is -2.24. The third-order valence-electron chi connectivity index (χ3n) is 3.90. The van der Waals surface area contributed by atoms with E-state index in [1.807, 2.05) is 6.07 Å². The molecule has 22 heavy (non-hydrogen) atoms. The van der Waals surface area contributed by atoms with Gasteiger partial charge in [0.2, 0.25) is 5.89 Å². The lowest BCUT2D eigenvalue weighted by atomic mass is 9.80. The van der Waals surface area contributed by atoms with Gasteiger partial charge in [-0.15, -0.1) is 0 Å². The van der Waals surface area contributed by atoms with E-state index in [9.17, 15) is 0 Å². The van der Waals surface area contributed by atoms with Gasteiger partial charge in [0.15, 0.2) is 5.58 Å². The Balaban J connectivity index is 2.29. The number of H-pyrrole nitrogens is 1. The van der Waals surface area contributed by atoms with E-state index in [1.165, 1.54) is 11.1 Å². The van der Waals surface area contributed by atoms with E-state index in [2.05, 4.69) is 68.9 Å². The first-order chi connectivity index (χ1) is 10.2. The van der Waals surface area contributed by atoms with Gasteiger partial charge in [-0.2, -0.15) is 5.10 Å². The number of rotatable bonds is 1. The molecule has 0 atom stereocenters. The van der Waals surface area contributed by atoms with Crippen molar-refractivity contribution in [2.24, 2.45) is 0 Å². The first kappa shape index (κ1) is 14.8. The van der Waals surface area contributed by atoms with E-state index >= 15 is 0 Å². The van der Waals surface area contributed by atoms with Crippen molar-refractivity contribution in [3.8, 4) is 11.6 Å². The number of benzene rings is 1. The molecule has 0 radical (unpaired) electrons. The molecule has 0 aliphatic rings. The van der Waals surface area contributed by atoms with Crippen molar-refractivity contribution in [3.63, 3.8) is 0 Å². The fraction of sp³-hybridized carbons (Fsp3) is 0.444. The molecule has 0 bridgehead atoms. The molecule has 0 aliphatic carbocycles. The number of nitrogens with one attached hydrogen (secondary N) is 1. The van der Waals surface area contributed by atoms with Crippen LogP contribution in [0, 0.1) is 0 Å². The van der Waals surface area contributed by atoms with Crippen molar-refractivity contribution in [1.82, 2.24) is 15.2 Å². The fourth-order valence-electron chi connectivity index (χ4n) is 2.51. The second kappa shape index (κ2) is 4.70. The molecule has 116 valence electrons. The minimum absolute atomic E-state index is 0.00962. The summed E-state index contributed by atoms with van der Waals surface area (Å²) in [6, 6.07) is 6.25. The number of fused-ring (bicyclic) bond motifs is 1. The highest BCUT2D eigenvalue weighted by Crippen LogP contribution is 2.36. The van der Waals surface area contributed by atoms with Gasteiger partial charge in [0, 0.05) is 11.8 Å². The molecule has 0 fully saturated rings. The second-order valence-corrected chi connectivity index (χ2v) is 7.86. The molecule has 0 saturated heterocycles. The summed E-state index contributed by atoms with van der Waals surface area (Å²) in [7, 11) is 0. The predicted octanol–water partition coefficient (Wildman–Crippen LogP) is 4.81. The molecule has 3 aromatic rings. The maximum atomic E-state index is 6.06. The molecule has 4 nitrogen and oxygen atoms in total. The highest BCUT2D eigenvalue weighted by molar-refractivity contribution is 5.81. The van der Waals surface area contributed by atoms with Crippen LogP contribution in [0.5, 0.6) is 0 Å². The largest absolute Gasteiger partial charge is 0.434 e. The number of hydrogen-bond acceptors (Lipinski definition) is 3. The lowest BCUT2D eigenvalue weighted by molar-refractivity contribution is 0.551. The Morgan fingerprint density at radius 1 is 1.00 bits per heavy atom. The number of hydrogen-bond donors (Lipinski definition) is 1. The van der Waals surface area contributed by atoms with Crippen molar-refractivity contribution in [2.75, 3.05) is 0 Å². The Bertz CT molecular complexity index is 799. The standard InChI is InChI=1S/C18H23N3O/c1-17(2,3)11-9-12(18(4,5)6)15-14(10-11)20-16(22-15)13-7-8-19-21-13/h7-10H,1-6H3,(H,19,21). The zero-order valence-corrected chi connectivity index (χ0v) is 14.1. The molecule has 1 aromatic carbocycles. The quantitative estimate of drug-likeness (QED) is 0.701. The summed E-state index contributed by atoms with van der Waals surface area (Å²) in [5, 5.41) is 6.88. The predicted molar refractivity (Wildman–Crippen MR) is 89.0 cm³/mol. The molecule has 4 heteroatoms. The van der Waals surface area contributed by atoms with Gasteiger partial charge in [-0.3, -0.25) is 5.10 Å². The highest BCUT2D eigenvalue weighted by Gasteiger charge is 2.25. The van der Waals surface area contributed by atoms with E-state index in [1.54, 1.807) is 6.20 Å². The van der Waals surface area contributed by atoms with Gasteiger partial charge in [0.25, 0.3) is 0 Å². The second-order valence-electron chi connectivity index (χ2n) is 7.86. The van der Waals surface area contributed by atoms with Gasteiger partial charge in [0.1, 0.15) is 11.2 Å². The molecule has 0 unspecified atom stereocenters. The molecule has 1 N–H and O–H groups in total. The molecule has 0 amide bonds. The average molecular weight is 297 g/mol. The Morgan fingerprint density at radius 2 is 1.73 bits per heavy atom. The van der Waals surface area contributed by atoms with Crippen LogP contribution in [0.4, 0.5) is 0 Å². The maximum Gasteiger partial charge on any atom is 0.245 e. The van der Waals surface area contributed by atoms with E-state index in [0.29, 0.717) is 5.89 Å². The number of oxazole rings is 1. The van der Waals surface area contributed by atoms with Crippen LogP contribution in [-0.2, 0) is 10.8 Å². The van der Waals surface area contributed by atoms with E-state index in [0.717, 1.165) is 16.8 Å². The van der Waals surface area contributed by atoms with Crippen LogP contribution >= 0.6 is 0 Å². The highest BCUT2D eigenvalue weighted by atomic mass is 16.3. The maximum absolute atomic E-state index is 6.06. The molecule has 2 aromatic heterocycles. The average Bonchev–Trinajstić information content (AvgIpc) is 3.03. The smallest absolute Gasteiger partial charge is 0.245 e. The Labute approximate surface area is 131 Å². The summed E-state index contributed by atoms with van der Waals surface area (Å²) in [5.74, 6) is 0.587. The summed E-state index contributed by atoms with van der Waals surface area (Å²) >= 11 is 0. The Hall–Kier alpha value is -2.10. The number of aromatic nitrogens is 3. The molecule has 0 aliphatic heterocycles. The van der Waals surface area contributed by atoms with E-state index in [-0.39, 0.29) is 10.8 Å². The summed E-state index contributed by atoms with van der Waals surface area (Å²) < 4.78 is 6.06. The minimum atomic E-state index is -0.00962. The summed E-state index contributed by atoms with van der Waals surface area (Å²) in [6.45, 7) is 13.3. The zero-order valence-electron chi connectivity index (χ0n) is 14.1. The van der Waals surface area contributed by atoms with Crippen LogP contribution in [0.1, 0.15) is 52.7 Å². The van der Waals surface area contributed by atoms with Crippen LogP contribution in [0.3, 0.4) is 0 Å². The Kier molecular flexibility index (Phi) is 3.17. The van der Waals surface area contributed by atoms with Gasteiger partial charge in [0.05, 0.1) is 0 Å². The number of aromatic amines is 1. The Morgan fingerprint density at radius 3 is 2.27 bits per heavy atom. The monoisotopic (exact) mass is 297 g/mol. The van der Waals surface area contributed by atoms with Crippen LogP contribution in [0.15, 0.2) is 28.8 Å². The van der Waals surface area contributed by atoms with Gasteiger partial charge in [-0.25, -0.2) is 4.98 Å². The molecule has 0 spiro atoms. The van der Waals surface area contributed by atoms with Crippen molar-refractivity contribution < 1.29 is 4.42 Å². The van der Waals surface area contributed by atoms with Gasteiger partial charge in [-0.05, 0) is 28.5 Å². The van der Waals surface area contributed by atoms with Crippen LogP contribution < -0.4 is 0 Å². The molecular formula is C18H23N3O. The normalized spacial score (nSPS) is 13.0.